The Morgan fingerprint density at radius 2 is 2.18 bits per heavy atom. The van der Waals surface area contributed by atoms with Gasteiger partial charge in [-0.1, -0.05) is 6.92 Å². The van der Waals surface area contributed by atoms with Crippen LogP contribution in [-0.4, -0.2) is 64.7 Å². The van der Waals surface area contributed by atoms with Crippen LogP contribution in [0, 0.1) is 6.92 Å². The zero-order valence-electron chi connectivity index (χ0n) is 12.6. The van der Waals surface area contributed by atoms with Gasteiger partial charge in [0.25, 0.3) is 5.91 Å². The van der Waals surface area contributed by atoms with Gasteiger partial charge < -0.3 is 15.1 Å². The number of carbonyl (C=O) groups is 3. The second-order valence-electron chi connectivity index (χ2n) is 5.45. The van der Waals surface area contributed by atoms with Gasteiger partial charge in [-0.3, -0.25) is 14.4 Å². The van der Waals surface area contributed by atoms with E-state index in [1.807, 2.05) is 13.8 Å². The molecular weight excluding hydrogens is 304 g/mol. The van der Waals surface area contributed by atoms with E-state index in [-0.39, 0.29) is 30.8 Å². The highest BCUT2D eigenvalue weighted by Gasteiger charge is 2.40. The van der Waals surface area contributed by atoms with E-state index in [1.165, 1.54) is 11.3 Å². The quantitative estimate of drug-likeness (QED) is 0.817. The molecule has 0 saturated carbocycles. The number of nitrogens with zero attached hydrogens (tertiary/aromatic N) is 3. The Kier molecular flexibility index (Phi) is 3.86. The molecule has 2 aliphatic rings. The van der Waals surface area contributed by atoms with E-state index in [1.54, 1.807) is 9.80 Å². The van der Waals surface area contributed by atoms with Gasteiger partial charge in [-0.05, 0) is 13.3 Å². The Morgan fingerprint density at radius 3 is 2.86 bits per heavy atom. The molecule has 3 rings (SSSR count). The maximum absolute atomic E-state index is 12.7. The van der Waals surface area contributed by atoms with E-state index in [9.17, 15) is 14.4 Å². The summed E-state index contributed by atoms with van der Waals surface area (Å²) in [4.78, 5) is 44.7. The van der Waals surface area contributed by atoms with Crippen LogP contribution in [0.3, 0.4) is 0 Å². The van der Waals surface area contributed by atoms with Crippen molar-refractivity contribution in [2.24, 2.45) is 0 Å². The highest BCUT2D eigenvalue weighted by molar-refractivity contribution is 7.13. The van der Waals surface area contributed by atoms with Crippen LogP contribution in [0.2, 0.25) is 0 Å². The number of rotatable bonds is 2. The first-order valence-electron chi connectivity index (χ1n) is 7.34. The summed E-state index contributed by atoms with van der Waals surface area (Å²) < 4.78 is 0. The summed E-state index contributed by atoms with van der Waals surface area (Å²) in [5, 5.41) is 3.51. The van der Waals surface area contributed by atoms with Crippen LogP contribution in [0.15, 0.2) is 0 Å². The molecule has 0 aromatic carbocycles. The fourth-order valence-electron chi connectivity index (χ4n) is 2.82. The zero-order chi connectivity index (χ0) is 15.9. The summed E-state index contributed by atoms with van der Waals surface area (Å²) >= 11 is 1.41. The van der Waals surface area contributed by atoms with Gasteiger partial charge in [0.05, 0.1) is 23.8 Å². The van der Waals surface area contributed by atoms with Crippen LogP contribution in [0.5, 0.6) is 0 Å². The van der Waals surface area contributed by atoms with E-state index in [0.29, 0.717) is 18.0 Å². The van der Waals surface area contributed by atoms with Crippen LogP contribution in [0.4, 0.5) is 0 Å². The highest BCUT2D eigenvalue weighted by atomic mass is 32.1. The van der Waals surface area contributed by atoms with Crippen molar-refractivity contribution in [2.45, 2.75) is 26.3 Å². The van der Waals surface area contributed by atoms with Gasteiger partial charge in [-0.15, -0.1) is 11.3 Å². The molecule has 3 heterocycles. The molecule has 3 amide bonds. The third kappa shape index (κ3) is 2.47. The van der Waals surface area contributed by atoms with Gasteiger partial charge in [0.15, 0.2) is 0 Å². The van der Waals surface area contributed by atoms with Crippen LogP contribution >= 0.6 is 11.3 Å². The first-order valence-corrected chi connectivity index (χ1v) is 8.15. The summed E-state index contributed by atoms with van der Waals surface area (Å²) in [6, 6.07) is -0.571. The molecule has 1 atom stereocenters. The SMILES string of the molecule is CCc1nc(C)c(C(=O)N2CCN3C(=O)CNC(=O)[C@@H]3C2)s1. The number of aryl methyl sites for hydroxylation is 2. The predicted octanol–water partition coefficient (Wildman–Crippen LogP) is -0.203. The molecule has 118 valence electrons. The number of piperazine rings is 2. The molecule has 8 heteroatoms. The van der Waals surface area contributed by atoms with Crippen molar-refractivity contribution < 1.29 is 14.4 Å². The van der Waals surface area contributed by atoms with Crippen molar-refractivity contribution in [3.8, 4) is 0 Å². The molecule has 1 aromatic heterocycles. The van der Waals surface area contributed by atoms with Gasteiger partial charge in [-0.25, -0.2) is 4.98 Å². The fraction of sp³-hybridized carbons (Fsp3) is 0.571. The van der Waals surface area contributed by atoms with E-state index in [2.05, 4.69) is 10.3 Å². The van der Waals surface area contributed by atoms with Crippen LogP contribution in [-0.2, 0) is 16.0 Å². The lowest BCUT2D eigenvalue weighted by Crippen LogP contribution is -2.66. The molecule has 0 spiro atoms. The van der Waals surface area contributed by atoms with Crippen molar-refractivity contribution in [3.63, 3.8) is 0 Å². The van der Waals surface area contributed by atoms with Crippen LogP contribution in [0.25, 0.3) is 0 Å². The van der Waals surface area contributed by atoms with E-state index >= 15 is 0 Å². The fourth-order valence-corrected chi connectivity index (χ4v) is 3.79. The summed E-state index contributed by atoms with van der Waals surface area (Å²) in [6.45, 7) is 4.99. The number of hydrogen-bond acceptors (Lipinski definition) is 5. The minimum absolute atomic E-state index is 0.0527. The molecule has 0 unspecified atom stereocenters. The lowest BCUT2D eigenvalue weighted by atomic mass is 10.1. The molecule has 22 heavy (non-hydrogen) atoms. The molecule has 0 aliphatic carbocycles. The van der Waals surface area contributed by atoms with Crippen LogP contribution in [0.1, 0.15) is 27.3 Å². The van der Waals surface area contributed by atoms with Gasteiger partial charge in [0.2, 0.25) is 11.8 Å². The second kappa shape index (κ2) is 5.68. The van der Waals surface area contributed by atoms with Crippen molar-refractivity contribution >= 4 is 29.1 Å². The molecule has 1 aromatic rings. The summed E-state index contributed by atoms with van der Waals surface area (Å²) in [5.74, 6) is -0.369. The lowest BCUT2D eigenvalue weighted by Gasteiger charge is -2.42. The number of fused-ring (bicyclic) bond motifs is 1. The standard InChI is InChI=1S/C14H18N4O3S/c1-3-10-16-8(2)12(22-10)14(21)17-4-5-18-9(7-17)13(20)15-6-11(18)19/h9H,3-7H2,1-2H3,(H,15,20)/t9-/m0/s1. The number of carbonyl (C=O) groups excluding carboxylic acids is 3. The number of amides is 3. The molecule has 0 radical (unpaired) electrons. The van der Waals surface area contributed by atoms with Crippen molar-refractivity contribution in [1.29, 1.82) is 0 Å². The maximum atomic E-state index is 12.7. The topological polar surface area (TPSA) is 82.6 Å². The summed E-state index contributed by atoms with van der Waals surface area (Å²) in [7, 11) is 0. The largest absolute Gasteiger partial charge is 0.345 e. The number of aromatic nitrogens is 1. The van der Waals surface area contributed by atoms with Crippen molar-refractivity contribution in [3.05, 3.63) is 15.6 Å². The third-order valence-corrected chi connectivity index (χ3v) is 5.33. The van der Waals surface area contributed by atoms with Gasteiger partial charge in [0.1, 0.15) is 10.9 Å². The Hall–Kier alpha value is -1.96. The number of thiazole rings is 1. The summed E-state index contributed by atoms with van der Waals surface area (Å²) in [5.41, 5.74) is 0.735. The average molecular weight is 322 g/mol. The van der Waals surface area contributed by atoms with Crippen molar-refractivity contribution in [2.75, 3.05) is 26.2 Å². The first kappa shape index (κ1) is 15.0. The minimum Gasteiger partial charge on any atom is -0.345 e. The van der Waals surface area contributed by atoms with Gasteiger partial charge >= 0.3 is 0 Å². The van der Waals surface area contributed by atoms with E-state index in [4.69, 9.17) is 0 Å². The first-order chi connectivity index (χ1) is 10.5. The van der Waals surface area contributed by atoms with Crippen molar-refractivity contribution in [1.82, 2.24) is 20.1 Å². The zero-order valence-corrected chi connectivity index (χ0v) is 13.4. The van der Waals surface area contributed by atoms with E-state index in [0.717, 1.165) is 17.1 Å². The summed E-state index contributed by atoms with van der Waals surface area (Å²) in [6.07, 6.45) is 0.798. The molecular formula is C14H18N4O3S. The number of nitrogens with one attached hydrogen (secondary N) is 1. The maximum Gasteiger partial charge on any atom is 0.266 e. The Morgan fingerprint density at radius 1 is 1.41 bits per heavy atom. The molecule has 7 nitrogen and oxygen atoms in total. The number of hydrogen-bond donors (Lipinski definition) is 1. The monoisotopic (exact) mass is 322 g/mol. The van der Waals surface area contributed by atoms with Gasteiger partial charge in [-0.2, -0.15) is 0 Å². The molecule has 2 saturated heterocycles. The smallest absolute Gasteiger partial charge is 0.266 e. The third-order valence-electron chi connectivity index (χ3n) is 4.04. The van der Waals surface area contributed by atoms with Gasteiger partial charge in [0, 0.05) is 13.1 Å². The molecule has 2 aliphatic heterocycles. The lowest BCUT2D eigenvalue weighted by molar-refractivity contribution is -0.148. The predicted molar refractivity (Wildman–Crippen MR) is 80.6 cm³/mol. The highest BCUT2D eigenvalue weighted by Crippen LogP contribution is 2.22. The average Bonchev–Trinajstić information content (AvgIpc) is 2.91. The second-order valence-corrected chi connectivity index (χ2v) is 6.53. The Balaban J connectivity index is 1.78. The molecule has 1 N–H and O–H groups in total. The van der Waals surface area contributed by atoms with E-state index < -0.39 is 6.04 Å². The molecule has 0 bridgehead atoms. The molecule has 2 fully saturated rings. The minimum atomic E-state index is -0.571. The van der Waals surface area contributed by atoms with Crippen LogP contribution < -0.4 is 5.32 Å². The normalized spacial score (nSPS) is 21.6. The Labute approximate surface area is 132 Å². The Bertz CT molecular complexity index is 642.